The Hall–Kier alpha value is -2.32. The van der Waals surface area contributed by atoms with Gasteiger partial charge in [-0.05, 0) is 25.0 Å². The lowest BCUT2D eigenvalue weighted by atomic mass is 9.86. The molecule has 0 aliphatic carbocycles. The molecule has 100 valence electrons. The molecule has 2 heterocycles. The number of primary amides is 1. The number of aryl methyl sites for hydroxylation is 1. The number of rotatable bonds is 2. The Kier molecular flexibility index (Phi) is 2.77. The zero-order chi connectivity index (χ0) is 14.3. The summed E-state index contributed by atoms with van der Waals surface area (Å²) < 4.78 is 1.78. The van der Waals surface area contributed by atoms with Gasteiger partial charge in [0.25, 0.3) is 0 Å². The fourth-order valence-corrected chi connectivity index (χ4v) is 3.18. The summed E-state index contributed by atoms with van der Waals surface area (Å²) in [7, 11) is 0. The van der Waals surface area contributed by atoms with Gasteiger partial charge in [0.1, 0.15) is 0 Å². The minimum atomic E-state index is -1.02. The molecule has 1 aromatic heterocycles. The molecule has 1 atom stereocenters. The summed E-state index contributed by atoms with van der Waals surface area (Å²) in [5, 5.41) is 9.27. The van der Waals surface area contributed by atoms with Crippen LogP contribution in [-0.4, -0.2) is 15.5 Å². The van der Waals surface area contributed by atoms with Crippen LogP contribution in [0.3, 0.4) is 0 Å². The van der Waals surface area contributed by atoms with Gasteiger partial charge in [-0.15, -0.1) is 0 Å². The summed E-state index contributed by atoms with van der Waals surface area (Å²) in [6.07, 6.45) is 4.58. The Bertz CT molecular complexity index is 746. The lowest BCUT2D eigenvalue weighted by Crippen LogP contribution is -2.45. The average molecular weight is 287 g/mol. The smallest absolute Gasteiger partial charge is 0.248 e. The van der Waals surface area contributed by atoms with Crippen molar-refractivity contribution in [2.24, 2.45) is 5.73 Å². The first kappa shape index (κ1) is 12.7. The maximum atomic E-state index is 12.1. The molecule has 6 heteroatoms. The van der Waals surface area contributed by atoms with E-state index in [0.29, 0.717) is 29.0 Å². The quantitative estimate of drug-likeness (QED) is 0.909. The van der Waals surface area contributed by atoms with Crippen LogP contribution in [0, 0.1) is 11.3 Å². The van der Waals surface area contributed by atoms with Gasteiger partial charge in [0.15, 0.2) is 5.54 Å². The van der Waals surface area contributed by atoms with E-state index in [-0.39, 0.29) is 0 Å². The number of imidazole rings is 1. The van der Waals surface area contributed by atoms with Crippen molar-refractivity contribution in [3.05, 3.63) is 52.6 Å². The fraction of sp³-hybridized carbons (Fsp3) is 0.214. The van der Waals surface area contributed by atoms with E-state index in [4.69, 9.17) is 22.6 Å². The average Bonchev–Trinajstić information content (AvgIpc) is 3.00. The Balaban J connectivity index is 2.25. The van der Waals surface area contributed by atoms with Crippen LogP contribution >= 0.6 is 11.6 Å². The van der Waals surface area contributed by atoms with Crippen LogP contribution in [0.15, 0.2) is 30.7 Å². The normalized spacial score (nSPS) is 20.4. The predicted molar refractivity (Wildman–Crippen MR) is 73.0 cm³/mol. The zero-order valence-electron chi connectivity index (χ0n) is 10.5. The Labute approximate surface area is 120 Å². The first-order valence-electron chi connectivity index (χ1n) is 6.11. The van der Waals surface area contributed by atoms with Gasteiger partial charge in [-0.2, -0.15) is 5.26 Å². The molecule has 0 fully saturated rings. The molecule has 0 radical (unpaired) electrons. The molecule has 1 aliphatic rings. The molecule has 5 nitrogen and oxygen atoms in total. The predicted octanol–water partition coefficient (Wildman–Crippen LogP) is 1.58. The number of aromatic nitrogens is 2. The number of nitrogens with two attached hydrogens (primary N) is 1. The van der Waals surface area contributed by atoms with Crippen molar-refractivity contribution in [1.29, 1.82) is 5.26 Å². The SMILES string of the molecule is N#Cc1ccc(C2(C(N)=O)CCc3cncn32)c(Cl)c1. The number of nitrogens with zero attached hydrogens (tertiary/aromatic N) is 3. The molecule has 0 bridgehead atoms. The lowest BCUT2D eigenvalue weighted by molar-refractivity contribution is -0.124. The second-order valence-electron chi connectivity index (χ2n) is 4.79. The van der Waals surface area contributed by atoms with E-state index >= 15 is 0 Å². The van der Waals surface area contributed by atoms with Crippen molar-refractivity contribution in [3.63, 3.8) is 0 Å². The largest absolute Gasteiger partial charge is 0.367 e. The zero-order valence-corrected chi connectivity index (χ0v) is 11.3. The Morgan fingerprint density at radius 2 is 2.35 bits per heavy atom. The number of nitriles is 1. The molecular formula is C14H11ClN4O. The molecular weight excluding hydrogens is 276 g/mol. The fourth-order valence-electron chi connectivity index (χ4n) is 2.84. The van der Waals surface area contributed by atoms with Crippen LogP contribution in [0.4, 0.5) is 0 Å². The number of fused-ring (bicyclic) bond motifs is 1. The number of benzene rings is 1. The highest BCUT2D eigenvalue weighted by molar-refractivity contribution is 6.32. The van der Waals surface area contributed by atoms with Gasteiger partial charge in [0.05, 0.1) is 18.0 Å². The molecule has 1 aliphatic heterocycles. The first-order chi connectivity index (χ1) is 9.59. The summed E-state index contributed by atoms with van der Waals surface area (Å²) in [4.78, 5) is 16.2. The minimum absolute atomic E-state index is 0.365. The summed E-state index contributed by atoms with van der Waals surface area (Å²) in [6.45, 7) is 0. The summed E-state index contributed by atoms with van der Waals surface area (Å²) in [6, 6.07) is 6.91. The highest BCUT2D eigenvalue weighted by Crippen LogP contribution is 2.41. The van der Waals surface area contributed by atoms with Gasteiger partial charge in [-0.3, -0.25) is 4.79 Å². The van der Waals surface area contributed by atoms with E-state index in [1.165, 1.54) is 0 Å². The van der Waals surface area contributed by atoms with E-state index in [0.717, 1.165) is 5.69 Å². The molecule has 1 aromatic carbocycles. The lowest BCUT2D eigenvalue weighted by Gasteiger charge is -2.29. The molecule has 20 heavy (non-hydrogen) atoms. The maximum absolute atomic E-state index is 12.1. The van der Waals surface area contributed by atoms with Gasteiger partial charge in [-0.25, -0.2) is 4.98 Å². The van der Waals surface area contributed by atoms with Crippen LogP contribution in [0.2, 0.25) is 5.02 Å². The van der Waals surface area contributed by atoms with Crippen molar-refractivity contribution in [2.45, 2.75) is 18.4 Å². The van der Waals surface area contributed by atoms with Crippen molar-refractivity contribution < 1.29 is 4.79 Å². The molecule has 2 N–H and O–H groups in total. The third-order valence-corrected chi connectivity index (χ3v) is 4.13. The third-order valence-electron chi connectivity index (χ3n) is 3.82. The second kappa shape index (κ2) is 4.36. The first-order valence-corrected chi connectivity index (χ1v) is 6.49. The van der Waals surface area contributed by atoms with Crippen molar-refractivity contribution in [3.8, 4) is 6.07 Å². The van der Waals surface area contributed by atoms with E-state index in [9.17, 15) is 4.79 Å². The highest BCUT2D eigenvalue weighted by Gasteiger charge is 2.46. The van der Waals surface area contributed by atoms with Crippen molar-refractivity contribution >= 4 is 17.5 Å². The third kappa shape index (κ3) is 1.55. The number of carbonyl (C=O) groups is 1. The topological polar surface area (TPSA) is 84.7 Å². The molecule has 1 unspecified atom stereocenters. The minimum Gasteiger partial charge on any atom is -0.367 e. The monoisotopic (exact) mass is 286 g/mol. The Morgan fingerprint density at radius 1 is 1.55 bits per heavy atom. The Morgan fingerprint density at radius 3 is 3.00 bits per heavy atom. The van der Waals surface area contributed by atoms with E-state index in [2.05, 4.69) is 4.98 Å². The summed E-state index contributed by atoms with van der Waals surface area (Å²) >= 11 is 6.26. The van der Waals surface area contributed by atoms with Gasteiger partial charge < -0.3 is 10.3 Å². The highest BCUT2D eigenvalue weighted by atomic mass is 35.5. The number of carbonyl (C=O) groups excluding carboxylic acids is 1. The van der Waals surface area contributed by atoms with E-state index < -0.39 is 11.4 Å². The summed E-state index contributed by atoms with van der Waals surface area (Å²) in [5.74, 6) is -0.471. The molecule has 3 rings (SSSR count). The van der Waals surface area contributed by atoms with Crippen LogP contribution in [-0.2, 0) is 16.8 Å². The van der Waals surface area contributed by atoms with Crippen LogP contribution < -0.4 is 5.73 Å². The molecule has 1 amide bonds. The van der Waals surface area contributed by atoms with Crippen LogP contribution in [0.1, 0.15) is 23.2 Å². The van der Waals surface area contributed by atoms with Gasteiger partial charge in [-0.1, -0.05) is 17.7 Å². The van der Waals surface area contributed by atoms with Gasteiger partial charge >= 0.3 is 0 Å². The van der Waals surface area contributed by atoms with E-state index in [1.807, 2.05) is 6.07 Å². The number of hydrogen-bond donors (Lipinski definition) is 1. The van der Waals surface area contributed by atoms with Gasteiger partial charge in [0, 0.05) is 22.5 Å². The van der Waals surface area contributed by atoms with Gasteiger partial charge in [0.2, 0.25) is 5.91 Å². The number of hydrogen-bond acceptors (Lipinski definition) is 3. The maximum Gasteiger partial charge on any atom is 0.248 e. The summed E-state index contributed by atoms with van der Waals surface area (Å²) in [5.41, 5.74) is 6.66. The van der Waals surface area contributed by atoms with Crippen LogP contribution in [0.25, 0.3) is 0 Å². The molecule has 0 spiro atoms. The molecule has 0 saturated heterocycles. The molecule has 2 aromatic rings. The van der Waals surface area contributed by atoms with Crippen molar-refractivity contribution in [2.75, 3.05) is 0 Å². The number of amides is 1. The van der Waals surface area contributed by atoms with E-state index in [1.54, 1.807) is 35.3 Å². The van der Waals surface area contributed by atoms with Crippen molar-refractivity contribution in [1.82, 2.24) is 9.55 Å². The standard InChI is InChI=1S/C14H11ClN4O/c15-12-5-9(6-16)1-2-11(12)14(13(17)20)4-3-10-7-18-8-19(10)14/h1-2,5,7-8H,3-4H2,(H2,17,20). The van der Waals surface area contributed by atoms with Crippen LogP contribution in [0.5, 0.6) is 0 Å². The second-order valence-corrected chi connectivity index (χ2v) is 5.19. The molecule has 0 saturated carbocycles. The number of halogens is 1.